The van der Waals surface area contributed by atoms with Gasteiger partial charge in [0.05, 0.1) is 13.2 Å². The van der Waals surface area contributed by atoms with E-state index in [1.807, 2.05) is 30.3 Å². The molecule has 0 saturated carbocycles. The molecule has 5 nitrogen and oxygen atoms in total. The van der Waals surface area contributed by atoms with Gasteiger partial charge in [-0.05, 0) is 60.7 Å². The highest BCUT2D eigenvalue weighted by Gasteiger charge is 2.16. The third kappa shape index (κ3) is 4.42. The summed E-state index contributed by atoms with van der Waals surface area (Å²) in [4.78, 5) is 12.5. The zero-order valence-corrected chi connectivity index (χ0v) is 15.5. The Hall–Kier alpha value is -2.53. The van der Waals surface area contributed by atoms with Crippen LogP contribution < -0.4 is 20.1 Å². The van der Waals surface area contributed by atoms with Crippen LogP contribution in [0.3, 0.4) is 0 Å². The van der Waals surface area contributed by atoms with Gasteiger partial charge >= 0.3 is 0 Å². The highest BCUT2D eigenvalue weighted by atomic mass is 16.5. The Bertz CT molecular complexity index is 783. The predicted molar refractivity (Wildman–Crippen MR) is 105 cm³/mol. The normalized spacial score (nSPS) is 19.2. The summed E-state index contributed by atoms with van der Waals surface area (Å²) in [5, 5.41) is 6.43. The Morgan fingerprint density at radius 2 is 1.85 bits per heavy atom. The number of hydrogen-bond donors (Lipinski definition) is 2. The second-order valence-corrected chi connectivity index (χ2v) is 7.18. The van der Waals surface area contributed by atoms with E-state index in [2.05, 4.69) is 22.8 Å². The minimum absolute atomic E-state index is 0.0598. The van der Waals surface area contributed by atoms with Crippen LogP contribution in [-0.2, 0) is 6.54 Å². The third-order valence-electron chi connectivity index (χ3n) is 5.21. The van der Waals surface area contributed by atoms with Crippen LogP contribution in [0.25, 0.3) is 0 Å². The number of carbonyl (C=O) groups excluding carboxylic acids is 1. The summed E-state index contributed by atoms with van der Waals surface area (Å²) in [5.74, 6) is 2.02. The first-order valence-corrected chi connectivity index (χ1v) is 9.77. The van der Waals surface area contributed by atoms with E-state index in [9.17, 15) is 4.79 Å². The number of fused-ring (bicyclic) bond motifs is 1. The SMILES string of the molecule is O=C(NCc1ccc2c(c1)OCCCO2)c1ccc([C@@H]2CCCNC2)cc1. The second-order valence-electron chi connectivity index (χ2n) is 7.18. The van der Waals surface area contributed by atoms with Crippen LogP contribution in [-0.4, -0.2) is 32.2 Å². The molecule has 27 heavy (non-hydrogen) atoms. The Morgan fingerprint density at radius 3 is 2.63 bits per heavy atom. The Labute approximate surface area is 160 Å². The molecule has 4 rings (SSSR count). The van der Waals surface area contributed by atoms with Gasteiger partial charge in [-0.15, -0.1) is 0 Å². The molecule has 0 unspecified atom stereocenters. The summed E-state index contributed by atoms with van der Waals surface area (Å²) in [7, 11) is 0. The minimum atomic E-state index is -0.0598. The lowest BCUT2D eigenvalue weighted by molar-refractivity contribution is 0.0951. The number of rotatable bonds is 4. The average Bonchev–Trinajstić information content (AvgIpc) is 2.98. The van der Waals surface area contributed by atoms with Crippen LogP contribution >= 0.6 is 0 Å². The zero-order valence-electron chi connectivity index (χ0n) is 15.5. The van der Waals surface area contributed by atoms with E-state index >= 15 is 0 Å². The number of hydrogen-bond acceptors (Lipinski definition) is 4. The molecule has 1 amide bonds. The Balaban J connectivity index is 1.35. The zero-order chi connectivity index (χ0) is 18.5. The topological polar surface area (TPSA) is 59.6 Å². The summed E-state index contributed by atoms with van der Waals surface area (Å²) in [6, 6.07) is 13.8. The third-order valence-corrected chi connectivity index (χ3v) is 5.21. The molecule has 2 N–H and O–H groups in total. The smallest absolute Gasteiger partial charge is 0.251 e. The molecule has 0 bridgehead atoms. The Morgan fingerprint density at radius 1 is 1.04 bits per heavy atom. The molecule has 2 aromatic carbocycles. The monoisotopic (exact) mass is 366 g/mol. The summed E-state index contributed by atoms with van der Waals surface area (Å²) >= 11 is 0. The number of carbonyl (C=O) groups is 1. The molecular weight excluding hydrogens is 340 g/mol. The molecule has 1 fully saturated rings. The largest absolute Gasteiger partial charge is 0.490 e. The van der Waals surface area contributed by atoms with Crippen LogP contribution in [0.1, 0.15) is 46.7 Å². The van der Waals surface area contributed by atoms with Crippen molar-refractivity contribution < 1.29 is 14.3 Å². The molecule has 2 heterocycles. The van der Waals surface area contributed by atoms with Crippen molar-refractivity contribution >= 4 is 5.91 Å². The van der Waals surface area contributed by atoms with Crippen LogP contribution in [0.5, 0.6) is 11.5 Å². The second kappa shape index (κ2) is 8.44. The van der Waals surface area contributed by atoms with Crippen molar-refractivity contribution in [3.05, 3.63) is 59.2 Å². The predicted octanol–water partition coefficient (Wildman–Crippen LogP) is 3.24. The summed E-state index contributed by atoms with van der Waals surface area (Å²) < 4.78 is 11.4. The van der Waals surface area contributed by atoms with Gasteiger partial charge < -0.3 is 20.1 Å². The number of amides is 1. The molecule has 5 heteroatoms. The number of nitrogens with one attached hydrogen (secondary N) is 2. The highest BCUT2D eigenvalue weighted by Crippen LogP contribution is 2.30. The van der Waals surface area contributed by atoms with Gasteiger partial charge in [0, 0.05) is 25.1 Å². The van der Waals surface area contributed by atoms with Gasteiger partial charge in [-0.2, -0.15) is 0 Å². The van der Waals surface area contributed by atoms with Crippen LogP contribution in [0, 0.1) is 0 Å². The van der Waals surface area contributed by atoms with Crippen molar-refractivity contribution in [2.75, 3.05) is 26.3 Å². The van der Waals surface area contributed by atoms with Crippen LogP contribution in [0.4, 0.5) is 0 Å². The van der Waals surface area contributed by atoms with E-state index < -0.39 is 0 Å². The molecule has 1 atom stereocenters. The quantitative estimate of drug-likeness (QED) is 0.872. The van der Waals surface area contributed by atoms with Crippen molar-refractivity contribution in [2.24, 2.45) is 0 Å². The summed E-state index contributed by atoms with van der Waals surface area (Å²) in [6.45, 7) is 3.93. The van der Waals surface area contributed by atoms with Crippen molar-refractivity contribution in [1.29, 1.82) is 0 Å². The van der Waals surface area contributed by atoms with Gasteiger partial charge in [-0.1, -0.05) is 18.2 Å². The van der Waals surface area contributed by atoms with Gasteiger partial charge in [-0.3, -0.25) is 4.79 Å². The van der Waals surface area contributed by atoms with E-state index in [4.69, 9.17) is 9.47 Å². The molecule has 0 radical (unpaired) electrons. The fourth-order valence-corrected chi connectivity index (χ4v) is 3.65. The molecular formula is C22H26N2O3. The lowest BCUT2D eigenvalue weighted by Gasteiger charge is -2.23. The number of piperidine rings is 1. The van der Waals surface area contributed by atoms with Crippen LogP contribution in [0.15, 0.2) is 42.5 Å². The maximum atomic E-state index is 12.5. The lowest BCUT2D eigenvalue weighted by atomic mass is 9.91. The highest BCUT2D eigenvalue weighted by molar-refractivity contribution is 5.94. The molecule has 2 aliphatic rings. The first kappa shape index (κ1) is 17.9. The Kier molecular flexibility index (Phi) is 5.58. The van der Waals surface area contributed by atoms with Gasteiger partial charge in [0.15, 0.2) is 11.5 Å². The summed E-state index contributed by atoms with van der Waals surface area (Å²) in [5.41, 5.74) is 3.00. The molecule has 1 saturated heterocycles. The van der Waals surface area contributed by atoms with Crippen molar-refractivity contribution in [2.45, 2.75) is 31.7 Å². The number of benzene rings is 2. The van der Waals surface area contributed by atoms with Crippen LogP contribution in [0.2, 0.25) is 0 Å². The van der Waals surface area contributed by atoms with Crippen molar-refractivity contribution in [1.82, 2.24) is 10.6 Å². The van der Waals surface area contributed by atoms with Crippen molar-refractivity contribution in [3.63, 3.8) is 0 Å². The molecule has 0 aromatic heterocycles. The molecule has 2 aromatic rings. The molecule has 2 aliphatic heterocycles. The van der Waals surface area contributed by atoms with E-state index in [1.165, 1.54) is 18.4 Å². The fourth-order valence-electron chi connectivity index (χ4n) is 3.65. The van der Waals surface area contributed by atoms with Gasteiger partial charge in [0.25, 0.3) is 5.91 Å². The average molecular weight is 366 g/mol. The van der Waals surface area contributed by atoms with Gasteiger partial charge in [0.1, 0.15) is 0 Å². The lowest BCUT2D eigenvalue weighted by Crippen LogP contribution is -2.28. The fraction of sp³-hybridized carbons (Fsp3) is 0.409. The molecule has 142 valence electrons. The maximum absolute atomic E-state index is 12.5. The first-order valence-electron chi connectivity index (χ1n) is 9.77. The maximum Gasteiger partial charge on any atom is 0.251 e. The van der Waals surface area contributed by atoms with Gasteiger partial charge in [-0.25, -0.2) is 0 Å². The van der Waals surface area contributed by atoms with E-state index in [1.54, 1.807) is 0 Å². The minimum Gasteiger partial charge on any atom is -0.490 e. The molecule has 0 aliphatic carbocycles. The number of ether oxygens (including phenoxy) is 2. The first-order chi connectivity index (χ1) is 13.3. The van der Waals surface area contributed by atoms with Crippen molar-refractivity contribution in [3.8, 4) is 11.5 Å². The van der Waals surface area contributed by atoms with Gasteiger partial charge in [0.2, 0.25) is 0 Å². The van der Waals surface area contributed by atoms with E-state index in [0.717, 1.165) is 36.6 Å². The standard InChI is InChI=1S/C22H26N2O3/c25-22(18-7-5-17(6-8-18)19-3-1-10-23-15-19)24-14-16-4-9-20-21(13-16)27-12-2-11-26-20/h4-9,13,19,23H,1-3,10-12,14-15H2,(H,24,25)/t19-/m1/s1. The summed E-state index contributed by atoms with van der Waals surface area (Å²) in [6.07, 6.45) is 3.30. The van der Waals surface area contributed by atoms with E-state index in [-0.39, 0.29) is 5.91 Å². The van der Waals surface area contributed by atoms with E-state index in [0.29, 0.717) is 31.2 Å². The molecule has 0 spiro atoms.